The molecule has 10 heteroatoms. The zero-order valence-corrected chi connectivity index (χ0v) is 18.3. The molecule has 0 saturated carbocycles. The van der Waals surface area contributed by atoms with Gasteiger partial charge in [0.05, 0.1) is 0 Å². The molecule has 28 heavy (non-hydrogen) atoms. The first-order valence-corrected chi connectivity index (χ1v) is 9.03. The second kappa shape index (κ2) is 9.86. The predicted molar refractivity (Wildman–Crippen MR) is 112 cm³/mol. The van der Waals surface area contributed by atoms with E-state index >= 15 is 0 Å². The van der Waals surface area contributed by atoms with Crippen LogP contribution in [0.2, 0.25) is 0 Å². The average molecular weight is 514 g/mol. The highest BCUT2D eigenvalue weighted by Gasteiger charge is 2.41. The van der Waals surface area contributed by atoms with Gasteiger partial charge in [-0.1, -0.05) is 6.07 Å². The van der Waals surface area contributed by atoms with Crippen LogP contribution in [0.1, 0.15) is 12.5 Å². The van der Waals surface area contributed by atoms with Gasteiger partial charge in [-0.25, -0.2) is 0 Å². The summed E-state index contributed by atoms with van der Waals surface area (Å²) >= 11 is 0. The van der Waals surface area contributed by atoms with Crippen LogP contribution in [0, 0.1) is 0 Å². The average Bonchev–Trinajstić information content (AvgIpc) is 3.12. The smallest absolute Gasteiger partial charge is 0.403 e. The van der Waals surface area contributed by atoms with Gasteiger partial charge < -0.3 is 19.7 Å². The van der Waals surface area contributed by atoms with Crippen LogP contribution in [0.15, 0.2) is 23.2 Å². The lowest BCUT2D eigenvalue weighted by Crippen LogP contribution is -2.56. The Morgan fingerprint density at radius 2 is 1.86 bits per heavy atom. The van der Waals surface area contributed by atoms with Crippen LogP contribution in [-0.4, -0.2) is 74.5 Å². The molecule has 3 rings (SSSR count). The molecule has 1 aromatic carbocycles. The molecule has 158 valence electrons. The summed E-state index contributed by atoms with van der Waals surface area (Å²) in [6.45, 7) is 3.91. The Labute approximate surface area is 180 Å². The number of hydrogen-bond acceptors (Lipinski definition) is 4. The SMILES string of the molecule is CN=C(NCCc1ccc2c(c1)OCO2)N1CCN(C(C)C(F)(F)F)CC1.I. The predicted octanol–water partition coefficient (Wildman–Crippen LogP) is 2.72. The van der Waals surface area contributed by atoms with Crippen LogP contribution in [0.4, 0.5) is 13.2 Å². The van der Waals surface area contributed by atoms with Crippen LogP contribution in [0.25, 0.3) is 0 Å². The number of aliphatic imine (C=N–C) groups is 1. The number of fused-ring (bicyclic) bond motifs is 1. The molecule has 0 radical (unpaired) electrons. The highest BCUT2D eigenvalue weighted by atomic mass is 127. The minimum Gasteiger partial charge on any atom is -0.454 e. The van der Waals surface area contributed by atoms with E-state index in [1.807, 2.05) is 23.1 Å². The minimum atomic E-state index is -4.19. The van der Waals surface area contributed by atoms with Crippen molar-refractivity contribution in [1.29, 1.82) is 0 Å². The fourth-order valence-electron chi connectivity index (χ4n) is 3.28. The number of ether oxygens (including phenoxy) is 2. The van der Waals surface area contributed by atoms with E-state index in [0.29, 0.717) is 32.7 Å². The molecule has 1 atom stereocenters. The summed E-state index contributed by atoms with van der Waals surface area (Å²) in [6, 6.07) is 4.44. The number of hydrogen-bond donors (Lipinski definition) is 1. The fourth-order valence-corrected chi connectivity index (χ4v) is 3.28. The van der Waals surface area contributed by atoms with Crippen molar-refractivity contribution in [3.05, 3.63) is 23.8 Å². The topological polar surface area (TPSA) is 49.3 Å². The standard InChI is InChI=1S/C18H25F3N4O2.HI/c1-13(18(19,20)21)24-7-9-25(10-8-24)17(22-2)23-6-5-14-3-4-15-16(11-14)27-12-26-15;/h3-4,11,13H,5-10,12H2,1-2H3,(H,22,23);1H. The third kappa shape index (κ3) is 5.56. The van der Waals surface area contributed by atoms with Gasteiger partial charge in [0.15, 0.2) is 17.5 Å². The molecule has 1 saturated heterocycles. The fraction of sp³-hybridized carbons (Fsp3) is 0.611. The molecule has 2 heterocycles. The maximum atomic E-state index is 12.9. The lowest BCUT2D eigenvalue weighted by Gasteiger charge is -2.39. The number of piperazine rings is 1. The third-order valence-electron chi connectivity index (χ3n) is 4.98. The quantitative estimate of drug-likeness (QED) is 0.381. The summed E-state index contributed by atoms with van der Waals surface area (Å²) in [5.74, 6) is 2.23. The molecule has 0 aromatic heterocycles. The van der Waals surface area contributed by atoms with Gasteiger partial charge in [-0.3, -0.25) is 9.89 Å². The Kier molecular flexibility index (Phi) is 8.05. The Morgan fingerprint density at radius 1 is 1.18 bits per heavy atom. The summed E-state index contributed by atoms with van der Waals surface area (Å²) < 4.78 is 49.3. The van der Waals surface area contributed by atoms with Crippen molar-refractivity contribution in [2.24, 2.45) is 4.99 Å². The first-order valence-electron chi connectivity index (χ1n) is 9.03. The zero-order valence-electron chi connectivity index (χ0n) is 16.0. The van der Waals surface area contributed by atoms with Crippen molar-refractivity contribution in [1.82, 2.24) is 15.1 Å². The van der Waals surface area contributed by atoms with Gasteiger partial charge in [0.1, 0.15) is 6.04 Å². The van der Waals surface area contributed by atoms with Crippen LogP contribution in [0.5, 0.6) is 11.5 Å². The Hall–Kier alpha value is -1.43. The van der Waals surface area contributed by atoms with Crippen LogP contribution < -0.4 is 14.8 Å². The normalized spacial score (nSPS) is 18.6. The van der Waals surface area contributed by atoms with Gasteiger partial charge in [-0.05, 0) is 31.0 Å². The van der Waals surface area contributed by atoms with E-state index in [9.17, 15) is 13.2 Å². The zero-order chi connectivity index (χ0) is 19.4. The maximum absolute atomic E-state index is 12.9. The van der Waals surface area contributed by atoms with E-state index in [2.05, 4.69) is 10.3 Å². The molecule has 1 aromatic rings. The van der Waals surface area contributed by atoms with Crippen LogP contribution >= 0.6 is 24.0 Å². The molecular formula is C18H26F3IN4O2. The van der Waals surface area contributed by atoms with Crippen LogP contribution in [0.3, 0.4) is 0 Å². The Bertz CT molecular complexity index is 679. The molecular weight excluding hydrogens is 488 g/mol. The number of nitrogens with one attached hydrogen (secondary N) is 1. The van der Waals surface area contributed by atoms with Gasteiger partial charge in [-0.2, -0.15) is 13.2 Å². The lowest BCUT2D eigenvalue weighted by molar-refractivity contribution is -0.181. The van der Waals surface area contributed by atoms with Gasteiger partial charge in [0.2, 0.25) is 6.79 Å². The molecule has 6 nitrogen and oxygen atoms in total. The summed E-state index contributed by atoms with van der Waals surface area (Å²) in [6.07, 6.45) is -3.41. The van der Waals surface area contributed by atoms with E-state index in [-0.39, 0.29) is 30.8 Å². The second-order valence-electron chi connectivity index (χ2n) is 6.65. The number of rotatable bonds is 4. The molecule has 1 unspecified atom stereocenters. The van der Waals surface area contributed by atoms with Crippen molar-refractivity contribution in [3.8, 4) is 11.5 Å². The van der Waals surface area contributed by atoms with E-state index < -0.39 is 12.2 Å². The monoisotopic (exact) mass is 514 g/mol. The van der Waals surface area contributed by atoms with Gasteiger partial charge in [0, 0.05) is 39.8 Å². The molecule has 1 N–H and O–H groups in total. The highest BCUT2D eigenvalue weighted by molar-refractivity contribution is 14.0. The van der Waals surface area contributed by atoms with Gasteiger partial charge in [0.25, 0.3) is 0 Å². The number of nitrogens with zero attached hydrogens (tertiary/aromatic N) is 3. The Balaban J connectivity index is 0.00000280. The molecule has 0 aliphatic carbocycles. The lowest BCUT2D eigenvalue weighted by atomic mass is 10.1. The largest absolute Gasteiger partial charge is 0.454 e. The summed E-state index contributed by atoms with van der Waals surface area (Å²) in [5, 5.41) is 3.29. The van der Waals surface area contributed by atoms with Gasteiger partial charge in [-0.15, -0.1) is 24.0 Å². The number of guanidine groups is 1. The minimum absolute atomic E-state index is 0. The number of benzene rings is 1. The van der Waals surface area contributed by atoms with Crippen LogP contribution in [-0.2, 0) is 6.42 Å². The maximum Gasteiger partial charge on any atom is 0.403 e. The van der Waals surface area contributed by atoms with Crippen molar-refractivity contribution in [3.63, 3.8) is 0 Å². The van der Waals surface area contributed by atoms with E-state index in [4.69, 9.17) is 9.47 Å². The van der Waals surface area contributed by atoms with Crippen molar-refractivity contribution in [2.75, 3.05) is 46.6 Å². The van der Waals surface area contributed by atoms with Crippen molar-refractivity contribution >= 4 is 29.9 Å². The molecule has 2 aliphatic rings. The molecule has 0 spiro atoms. The third-order valence-corrected chi connectivity index (χ3v) is 4.98. The van der Waals surface area contributed by atoms with Crippen molar-refractivity contribution < 1.29 is 22.6 Å². The number of alkyl halides is 3. The molecule has 0 bridgehead atoms. The highest BCUT2D eigenvalue weighted by Crippen LogP contribution is 2.32. The Morgan fingerprint density at radius 3 is 2.50 bits per heavy atom. The summed E-state index contributed by atoms with van der Waals surface area (Å²) in [7, 11) is 1.69. The van der Waals surface area contributed by atoms with E-state index in [0.717, 1.165) is 29.4 Å². The summed E-state index contributed by atoms with van der Waals surface area (Å²) in [5.41, 5.74) is 1.12. The number of halogens is 4. The molecule has 1 fully saturated rings. The second-order valence-corrected chi connectivity index (χ2v) is 6.65. The first-order chi connectivity index (χ1) is 12.9. The van der Waals surface area contributed by atoms with Gasteiger partial charge >= 0.3 is 6.18 Å². The van der Waals surface area contributed by atoms with E-state index in [1.54, 1.807) is 7.05 Å². The first kappa shape index (κ1) is 22.9. The molecule has 0 amide bonds. The summed E-state index contributed by atoms with van der Waals surface area (Å²) in [4.78, 5) is 7.73. The molecule has 2 aliphatic heterocycles. The van der Waals surface area contributed by atoms with E-state index in [1.165, 1.54) is 11.8 Å². The van der Waals surface area contributed by atoms with Crippen molar-refractivity contribution in [2.45, 2.75) is 25.6 Å².